The molecule has 178 valence electrons. The minimum atomic E-state index is 0.0257. The van der Waals surface area contributed by atoms with Gasteiger partial charge in [0.2, 0.25) is 5.91 Å². The van der Waals surface area contributed by atoms with Crippen LogP contribution in [-0.4, -0.2) is 111 Å². The Balaban J connectivity index is 1.65. The molecule has 0 radical (unpaired) electrons. The Bertz CT molecular complexity index is 585. The van der Waals surface area contributed by atoms with Crippen molar-refractivity contribution in [3.05, 3.63) is 0 Å². The summed E-state index contributed by atoms with van der Waals surface area (Å²) in [6.45, 7) is 10.1. The van der Waals surface area contributed by atoms with Gasteiger partial charge in [0.05, 0.1) is 13.2 Å². The summed E-state index contributed by atoms with van der Waals surface area (Å²) in [5.41, 5.74) is 0.166. The first-order valence-corrected chi connectivity index (χ1v) is 12.3. The molecule has 2 heterocycles. The lowest BCUT2D eigenvalue weighted by atomic mass is 9.80. The van der Waals surface area contributed by atoms with Gasteiger partial charge in [-0.25, -0.2) is 4.99 Å². The molecule has 0 bridgehead atoms. The number of carbonyl (C=O) groups is 1. The van der Waals surface area contributed by atoms with Gasteiger partial charge in [-0.05, 0) is 38.8 Å². The summed E-state index contributed by atoms with van der Waals surface area (Å²) in [7, 11) is 3.57. The second-order valence-corrected chi connectivity index (χ2v) is 9.50. The Kier molecular flexibility index (Phi) is 9.41. The van der Waals surface area contributed by atoms with Crippen LogP contribution < -0.4 is 10.6 Å². The average molecular weight is 437 g/mol. The standard InChI is InChI=1S/C23H44N6O2/c1-4-28-12-8-9-20(28)17-24-22(25-18-21(30)27(2)3)26-19-23(10-6-5-7-11-23)29-13-15-31-16-14-29/h20H,4-19H2,1-3H3,(H2,24,25,26). The van der Waals surface area contributed by atoms with E-state index in [1.165, 1.54) is 51.5 Å². The molecule has 2 aliphatic heterocycles. The summed E-state index contributed by atoms with van der Waals surface area (Å²) in [5.74, 6) is 0.800. The fraction of sp³-hybridized carbons (Fsp3) is 0.913. The van der Waals surface area contributed by atoms with E-state index in [0.717, 1.165) is 51.9 Å². The molecule has 31 heavy (non-hydrogen) atoms. The topological polar surface area (TPSA) is 72.4 Å². The number of likely N-dealkylation sites (N-methyl/N-ethyl adjacent to an activating group) is 2. The van der Waals surface area contributed by atoms with Crippen LogP contribution in [0.5, 0.6) is 0 Å². The van der Waals surface area contributed by atoms with Gasteiger partial charge in [-0.2, -0.15) is 0 Å². The summed E-state index contributed by atoms with van der Waals surface area (Å²) >= 11 is 0. The van der Waals surface area contributed by atoms with Crippen molar-refractivity contribution < 1.29 is 9.53 Å². The highest BCUT2D eigenvalue weighted by Crippen LogP contribution is 2.33. The summed E-state index contributed by atoms with van der Waals surface area (Å²) in [5, 5.41) is 7.21. The van der Waals surface area contributed by atoms with Crippen LogP contribution in [0.4, 0.5) is 0 Å². The molecular formula is C23H44N6O2. The third-order valence-electron chi connectivity index (χ3n) is 7.33. The summed E-state index contributed by atoms with van der Waals surface area (Å²) < 4.78 is 5.62. The number of ether oxygens (including phenoxy) is 1. The van der Waals surface area contributed by atoms with E-state index >= 15 is 0 Å². The lowest BCUT2D eigenvalue weighted by Crippen LogP contribution is -2.60. The van der Waals surface area contributed by atoms with E-state index < -0.39 is 0 Å². The molecule has 1 amide bonds. The fourth-order valence-electron chi connectivity index (χ4n) is 5.32. The number of guanidine groups is 1. The molecule has 3 rings (SSSR count). The molecule has 8 heteroatoms. The lowest BCUT2D eigenvalue weighted by Gasteiger charge is -2.48. The predicted octanol–water partition coefficient (Wildman–Crippen LogP) is 1.13. The highest BCUT2D eigenvalue weighted by Gasteiger charge is 2.38. The number of nitrogens with one attached hydrogen (secondary N) is 2. The third kappa shape index (κ3) is 6.80. The third-order valence-corrected chi connectivity index (χ3v) is 7.33. The number of hydrogen-bond donors (Lipinski definition) is 2. The highest BCUT2D eigenvalue weighted by atomic mass is 16.5. The zero-order valence-corrected chi connectivity index (χ0v) is 20.0. The monoisotopic (exact) mass is 436 g/mol. The van der Waals surface area contributed by atoms with Crippen molar-refractivity contribution in [3.63, 3.8) is 0 Å². The van der Waals surface area contributed by atoms with Crippen LogP contribution in [-0.2, 0) is 9.53 Å². The molecule has 2 saturated heterocycles. The number of aliphatic imine (C=N–C) groups is 1. The maximum Gasteiger partial charge on any atom is 0.243 e. The fourth-order valence-corrected chi connectivity index (χ4v) is 5.32. The van der Waals surface area contributed by atoms with Gasteiger partial charge in [0, 0.05) is 51.9 Å². The van der Waals surface area contributed by atoms with Crippen molar-refractivity contribution in [3.8, 4) is 0 Å². The van der Waals surface area contributed by atoms with E-state index in [1.807, 2.05) is 0 Å². The molecule has 3 fully saturated rings. The molecule has 1 aliphatic carbocycles. The predicted molar refractivity (Wildman–Crippen MR) is 125 cm³/mol. The lowest BCUT2D eigenvalue weighted by molar-refractivity contribution is -0.127. The number of likely N-dealkylation sites (tertiary alicyclic amines) is 1. The van der Waals surface area contributed by atoms with Crippen molar-refractivity contribution >= 4 is 11.9 Å². The molecule has 1 unspecified atom stereocenters. The van der Waals surface area contributed by atoms with Crippen LogP contribution in [0.3, 0.4) is 0 Å². The normalized spacial score (nSPS) is 25.4. The minimum absolute atomic E-state index is 0.0257. The van der Waals surface area contributed by atoms with Gasteiger partial charge in [-0.15, -0.1) is 0 Å². The Morgan fingerprint density at radius 1 is 1.10 bits per heavy atom. The Labute approximate surface area is 188 Å². The molecule has 3 aliphatic rings. The molecule has 0 aromatic rings. The van der Waals surface area contributed by atoms with E-state index in [2.05, 4.69) is 32.3 Å². The Morgan fingerprint density at radius 2 is 1.84 bits per heavy atom. The Hall–Kier alpha value is -1.38. The quantitative estimate of drug-likeness (QED) is 0.439. The van der Waals surface area contributed by atoms with Gasteiger partial charge in [0.15, 0.2) is 5.96 Å². The van der Waals surface area contributed by atoms with Crippen LogP contribution in [0.15, 0.2) is 4.99 Å². The number of hydrogen-bond acceptors (Lipinski definition) is 5. The molecule has 2 N–H and O–H groups in total. The molecule has 1 saturated carbocycles. The van der Waals surface area contributed by atoms with Crippen LogP contribution in [0, 0.1) is 0 Å². The number of carbonyl (C=O) groups excluding carboxylic acids is 1. The first-order valence-electron chi connectivity index (χ1n) is 12.3. The van der Waals surface area contributed by atoms with Crippen molar-refractivity contribution in [2.45, 2.75) is 63.5 Å². The van der Waals surface area contributed by atoms with Crippen molar-refractivity contribution in [2.75, 3.05) is 73.1 Å². The zero-order chi connectivity index (χ0) is 22.1. The van der Waals surface area contributed by atoms with Gasteiger partial charge in [0.25, 0.3) is 0 Å². The van der Waals surface area contributed by atoms with Crippen molar-refractivity contribution in [1.82, 2.24) is 25.3 Å². The second-order valence-electron chi connectivity index (χ2n) is 9.50. The Morgan fingerprint density at radius 3 is 2.52 bits per heavy atom. The molecular weight excluding hydrogens is 392 g/mol. The van der Waals surface area contributed by atoms with Gasteiger partial charge in [0.1, 0.15) is 6.54 Å². The number of morpholine rings is 1. The molecule has 0 aromatic carbocycles. The first kappa shape index (κ1) is 24.3. The van der Waals surface area contributed by atoms with Crippen LogP contribution in [0.25, 0.3) is 0 Å². The summed E-state index contributed by atoms with van der Waals surface area (Å²) in [4.78, 5) is 23.6. The average Bonchev–Trinajstić information content (AvgIpc) is 3.27. The summed E-state index contributed by atoms with van der Waals surface area (Å²) in [6.07, 6.45) is 8.82. The minimum Gasteiger partial charge on any atom is -0.379 e. The van der Waals surface area contributed by atoms with Crippen LogP contribution in [0.1, 0.15) is 51.9 Å². The maximum atomic E-state index is 12.2. The van der Waals surface area contributed by atoms with E-state index in [4.69, 9.17) is 4.74 Å². The number of amides is 1. The van der Waals surface area contributed by atoms with E-state index in [-0.39, 0.29) is 18.0 Å². The molecule has 1 atom stereocenters. The van der Waals surface area contributed by atoms with Crippen molar-refractivity contribution in [2.24, 2.45) is 4.99 Å². The van der Waals surface area contributed by atoms with Gasteiger partial charge in [-0.1, -0.05) is 26.2 Å². The van der Waals surface area contributed by atoms with Gasteiger partial charge < -0.3 is 20.3 Å². The SMILES string of the molecule is CCN1CCCC1CNC(=NCC(=O)N(C)C)NCC1(N2CCOCC2)CCCCC1. The van der Waals surface area contributed by atoms with E-state index in [9.17, 15) is 4.79 Å². The summed E-state index contributed by atoms with van der Waals surface area (Å²) in [6, 6.07) is 0.546. The maximum absolute atomic E-state index is 12.2. The number of rotatable bonds is 8. The largest absolute Gasteiger partial charge is 0.379 e. The van der Waals surface area contributed by atoms with Gasteiger partial charge in [-0.3, -0.25) is 14.6 Å². The van der Waals surface area contributed by atoms with E-state index in [0.29, 0.717) is 6.04 Å². The molecule has 8 nitrogen and oxygen atoms in total. The highest BCUT2D eigenvalue weighted by molar-refractivity contribution is 5.84. The zero-order valence-electron chi connectivity index (χ0n) is 20.0. The first-order chi connectivity index (χ1) is 15.0. The molecule has 0 spiro atoms. The smallest absolute Gasteiger partial charge is 0.243 e. The van der Waals surface area contributed by atoms with Crippen LogP contribution in [0.2, 0.25) is 0 Å². The molecule has 0 aromatic heterocycles. The second kappa shape index (κ2) is 12.0. The number of nitrogens with zero attached hydrogens (tertiary/aromatic N) is 4. The van der Waals surface area contributed by atoms with Gasteiger partial charge >= 0.3 is 0 Å². The van der Waals surface area contributed by atoms with E-state index in [1.54, 1.807) is 19.0 Å². The van der Waals surface area contributed by atoms with Crippen LogP contribution >= 0.6 is 0 Å². The van der Waals surface area contributed by atoms with Crippen molar-refractivity contribution in [1.29, 1.82) is 0 Å².